The third-order valence-corrected chi connectivity index (χ3v) is 17.1. The summed E-state index contributed by atoms with van der Waals surface area (Å²) in [6, 6.07) is 108. The molecule has 2 nitrogen and oxygen atoms in total. The first-order chi connectivity index (χ1) is 37.7. The van der Waals surface area contributed by atoms with Gasteiger partial charge in [0.2, 0.25) is 0 Å². The van der Waals surface area contributed by atoms with Crippen molar-refractivity contribution in [1.29, 1.82) is 0 Å². The monoisotopic (exact) mass is 964 g/mol. The average molecular weight is 965 g/mol. The summed E-state index contributed by atoms with van der Waals surface area (Å²) in [6.45, 7) is 0. The summed E-state index contributed by atoms with van der Waals surface area (Å²) in [5.41, 5.74) is 29.3. The third kappa shape index (κ3) is 5.81. The average Bonchev–Trinajstić information content (AvgIpc) is 4.37. The van der Waals surface area contributed by atoms with E-state index >= 15 is 0 Å². The lowest BCUT2D eigenvalue weighted by Gasteiger charge is -2.32. The summed E-state index contributed by atoms with van der Waals surface area (Å²) in [4.78, 5) is 4.83. The van der Waals surface area contributed by atoms with Crippen molar-refractivity contribution in [3.05, 3.63) is 336 Å². The van der Waals surface area contributed by atoms with Gasteiger partial charge in [-0.3, -0.25) is 0 Å². The Kier molecular flexibility index (Phi) is 9.20. The van der Waals surface area contributed by atoms with E-state index in [-0.39, 0.29) is 0 Å². The molecule has 12 aromatic rings. The van der Waals surface area contributed by atoms with E-state index in [9.17, 15) is 0 Å². The summed E-state index contributed by atoms with van der Waals surface area (Å²) in [7, 11) is 0. The van der Waals surface area contributed by atoms with Gasteiger partial charge in [-0.05, 0) is 173 Å². The fourth-order valence-electron chi connectivity index (χ4n) is 14.1. The van der Waals surface area contributed by atoms with Crippen LogP contribution < -0.4 is 9.80 Å². The van der Waals surface area contributed by atoms with Crippen LogP contribution in [0.2, 0.25) is 0 Å². The SMILES string of the molecule is c1ccc(N(c2ccc(-c3ccc(N(c4ccccc4)c4ccc5c(c4)C4(c6ccccc6-c6ccccc64)c4ccccc4-5)cc3)cc2)c2ccc3c(c2)C2(c4ccccc4-c4ccccc42)c2ccccc2-3)cc1. The van der Waals surface area contributed by atoms with E-state index in [4.69, 9.17) is 0 Å². The number of anilines is 6. The molecule has 2 heteroatoms. The molecule has 0 aromatic heterocycles. The smallest absolute Gasteiger partial charge is 0.0726 e. The summed E-state index contributed by atoms with van der Waals surface area (Å²) in [5.74, 6) is 0. The molecule has 16 rings (SSSR count). The van der Waals surface area contributed by atoms with Gasteiger partial charge in [-0.15, -0.1) is 0 Å². The quantitative estimate of drug-likeness (QED) is 0.157. The predicted molar refractivity (Wildman–Crippen MR) is 314 cm³/mol. The maximum absolute atomic E-state index is 2.47. The van der Waals surface area contributed by atoms with Crippen molar-refractivity contribution in [1.82, 2.24) is 0 Å². The Balaban J connectivity index is 0.779. The Morgan fingerprint density at radius 2 is 0.395 bits per heavy atom. The summed E-state index contributed by atoms with van der Waals surface area (Å²) in [5, 5.41) is 0. The molecule has 0 N–H and O–H groups in total. The lowest BCUT2D eigenvalue weighted by molar-refractivity contribution is 0.793. The molecule has 0 bridgehead atoms. The van der Waals surface area contributed by atoms with Crippen LogP contribution in [0.4, 0.5) is 34.1 Å². The minimum Gasteiger partial charge on any atom is -0.310 e. The topological polar surface area (TPSA) is 6.48 Å². The van der Waals surface area contributed by atoms with Crippen molar-refractivity contribution < 1.29 is 0 Å². The fourth-order valence-corrected chi connectivity index (χ4v) is 14.1. The molecule has 0 saturated heterocycles. The molecule has 0 unspecified atom stereocenters. The van der Waals surface area contributed by atoms with Crippen molar-refractivity contribution in [2.24, 2.45) is 0 Å². The molecule has 0 fully saturated rings. The van der Waals surface area contributed by atoms with E-state index in [1.807, 2.05) is 0 Å². The normalized spacial score (nSPS) is 13.7. The number of hydrogen-bond acceptors (Lipinski definition) is 2. The van der Waals surface area contributed by atoms with E-state index in [0.29, 0.717) is 0 Å². The van der Waals surface area contributed by atoms with Crippen molar-refractivity contribution in [3.8, 4) is 55.6 Å². The number of fused-ring (bicyclic) bond motifs is 20. The highest BCUT2D eigenvalue weighted by Crippen LogP contribution is 2.65. The first-order valence-electron chi connectivity index (χ1n) is 26.5. The maximum atomic E-state index is 2.47. The first kappa shape index (κ1) is 42.7. The Labute approximate surface area is 443 Å². The van der Waals surface area contributed by atoms with Crippen molar-refractivity contribution in [3.63, 3.8) is 0 Å². The number of para-hydroxylation sites is 2. The second kappa shape index (κ2) is 16.4. The van der Waals surface area contributed by atoms with Gasteiger partial charge in [0.25, 0.3) is 0 Å². The molecule has 0 amide bonds. The van der Waals surface area contributed by atoms with Gasteiger partial charge >= 0.3 is 0 Å². The van der Waals surface area contributed by atoms with Crippen molar-refractivity contribution >= 4 is 34.1 Å². The van der Waals surface area contributed by atoms with E-state index < -0.39 is 10.8 Å². The van der Waals surface area contributed by atoms with Gasteiger partial charge in [0.05, 0.1) is 10.8 Å². The first-order valence-corrected chi connectivity index (χ1v) is 26.5. The lowest BCUT2D eigenvalue weighted by Crippen LogP contribution is -2.26. The van der Waals surface area contributed by atoms with Gasteiger partial charge in [0.15, 0.2) is 0 Å². The second-order valence-electron chi connectivity index (χ2n) is 20.7. The Morgan fingerprint density at radius 3 is 0.684 bits per heavy atom. The number of nitrogens with zero attached hydrogens (tertiary/aromatic N) is 2. The highest BCUT2D eigenvalue weighted by Gasteiger charge is 2.53. The Morgan fingerprint density at radius 1 is 0.171 bits per heavy atom. The molecule has 0 aliphatic heterocycles. The van der Waals surface area contributed by atoms with E-state index in [1.54, 1.807) is 0 Å². The molecule has 4 aliphatic carbocycles. The minimum atomic E-state index is -0.424. The van der Waals surface area contributed by atoms with E-state index in [1.165, 1.54) is 89.0 Å². The van der Waals surface area contributed by atoms with Gasteiger partial charge in [-0.2, -0.15) is 0 Å². The van der Waals surface area contributed by atoms with Crippen molar-refractivity contribution in [2.75, 3.05) is 9.80 Å². The summed E-state index contributed by atoms with van der Waals surface area (Å²) in [6.07, 6.45) is 0. The molecule has 12 aromatic carbocycles. The molecule has 354 valence electrons. The van der Waals surface area contributed by atoms with Crippen LogP contribution in [0.5, 0.6) is 0 Å². The van der Waals surface area contributed by atoms with Gasteiger partial charge < -0.3 is 9.80 Å². The van der Waals surface area contributed by atoms with Gasteiger partial charge in [0.1, 0.15) is 0 Å². The zero-order valence-corrected chi connectivity index (χ0v) is 41.6. The zero-order valence-electron chi connectivity index (χ0n) is 41.6. The predicted octanol–water partition coefficient (Wildman–Crippen LogP) is 19.0. The largest absolute Gasteiger partial charge is 0.310 e. The summed E-state index contributed by atoms with van der Waals surface area (Å²) < 4.78 is 0. The van der Waals surface area contributed by atoms with Gasteiger partial charge in [0, 0.05) is 34.1 Å². The van der Waals surface area contributed by atoms with E-state index in [2.05, 4.69) is 301 Å². The van der Waals surface area contributed by atoms with Gasteiger partial charge in [-0.1, -0.05) is 218 Å². The molecule has 4 aliphatic rings. The number of hydrogen-bond donors (Lipinski definition) is 0. The molecule has 0 radical (unpaired) electrons. The second-order valence-corrected chi connectivity index (χ2v) is 20.7. The van der Waals surface area contributed by atoms with Crippen LogP contribution in [-0.2, 0) is 10.8 Å². The Bertz CT molecular complexity index is 3880. The van der Waals surface area contributed by atoms with Crippen LogP contribution in [0.1, 0.15) is 44.5 Å². The van der Waals surface area contributed by atoms with Crippen LogP contribution in [0.3, 0.4) is 0 Å². The minimum absolute atomic E-state index is 0.424. The molecule has 0 atom stereocenters. The zero-order chi connectivity index (χ0) is 50.0. The molecular weight excluding hydrogens is 917 g/mol. The Hall–Kier alpha value is -9.76. The van der Waals surface area contributed by atoms with Crippen LogP contribution >= 0.6 is 0 Å². The van der Waals surface area contributed by atoms with Crippen LogP contribution in [0, 0.1) is 0 Å². The fraction of sp³-hybridized carbons (Fsp3) is 0.0270. The lowest BCUT2D eigenvalue weighted by atomic mass is 9.70. The number of benzene rings is 12. The highest BCUT2D eigenvalue weighted by molar-refractivity contribution is 5.98. The number of rotatable bonds is 7. The summed E-state index contributed by atoms with van der Waals surface area (Å²) >= 11 is 0. The third-order valence-electron chi connectivity index (χ3n) is 17.1. The molecule has 0 saturated carbocycles. The molecule has 2 spiro atoms. The van der Waals surface area contributed by atoms with E-state index in [0.717, 1.165) is 45.3 Å². The van der Waals surface area contributed by atoms with Crippen LogP contribution in [0.25, 0.3) is 55.6 Å². The maximum Gasteiger partial charge on any atom is 0.0726 e. The van der Waals surface area contributed by atoms with Crippen LogP contribution in [0.15, 0.2) is 291 Å². The molecule has 76 heavy (non-hydrogen) atoms. The van der Waals surface area contributed by atoms with Crippen LogP contribution in [-0.4, -0.2) is 0 Å². The highest BCUT2D eigenvalue weighted by atomic mass is 15.1. The van der Waals surface area contributed by atoms with Crippen molar-refractivity contribution in [2.45, 2.75) is 10.8 Å². The molecular formula is C74H48N2. The molecule has 0 heterocycles. The standard InChI is InChI=1S/C74H48N2/c1-3-19-51(20-4-1)75(55-43-45-63-61-27-11-17-33-69(61)73(71(63)47-55)65-29-13-7-23-57(65)58-24-8-14-30-66(58)73)53-39-35-49(36-40-53)50-37-41-54(42-38-50)76(52-21-5-2-6-22-52)56-44-46-64-62-28-12-18-34-70(62)74(72(64)48-56)67-31-15-9-25-59(67)60-26-10-16-32-68(60)74/h1-48H. The van der Waals surface area contributed by atoms with Gasteiger partial charge in [-0.25, -0.2) is 0 Å².